The number of nitrogens with one attached hydrogen (secondary N) is 2. The first kappa shape index (κ1) is 23.1. The highest BCUT2D eigenvalue weighted by Crippen LogP contribution is 2.41. The molecule has 1 saturated heterocycles. The summed E-state index contributed by atoms with van der Waals surface area (Å²) in [6.45, 7) is 3.38. The number of ether oxygens (including phenoxy) is 1. The van der Waals surface area contributed by atoms with Gasteiger partial charge in [0.1, 0.15) is 11.7 Å². The summed E-state index contributed by atoms with van der Waals surface area (Å²) in [4.78, 5) is 38.4. The maximum atomic E-state index is 13.6. The number of aromatic nitrogens is 2. The molecule has 35 heavy (non-hydrogen) atoms. The molecular formula is C25H25ClN6O3. The second-order valence-corrected chi connectivity index (χ2v) is 8.84. The Labute approximate surface area is 208 Å². The fraction of sp³-hybridized carbons (Fsp3) is 0.280. The Balaban J connectivity index is 1.53. The van der Waals surface area contributed by atoms with E-state index in [4.69, 9.17) is 21.3 Å². The minimum Gasteiger partial charge on any atom is -0.377 e. The van der Waals surface area contributed by atoms with Crippen molar-refractivity contribution in [3.05, 3.63) is 65.3 Å². The van der Waals surface area contributed by atoms with E-state index in [-0.39, 0.29) is 18.0 Å². The van der Waals surface area contributed by atoms with Gasteiger partial charge in [-0.3, -0.25) is 9.69 Å². The van der Waals surface area contributed by atoms with E-state index in [0.29, 0.717) is 47.8 Å². The second-order valence-electron chi connectivity index (χ2n) is 8.40. The van der Waals surface area contributed by atoms with Crippen molar-refractivity contribution in [1.82, 2.24) is 15.3 Å². The largest absolute Gasteiger partial charge is 0.377 e. The van der Waals surface area contributed by atoms with Crippen molar-refractivity contribution >= 4 is 40.7 Å². The van der Waals surface area contributed by atoms with E-state index >= 15 is 0 Å². The zero-order valence-electron chi connectivity index (χ0n) is 19.4. The van der Waals surface area contributed by atoms with Crippen LogP contribution >= 0.6 is 11.6 Å². The van der Waals surface area contributed by atoms with Crippen LogP contribution < -0.4 is 20.4 Å². The van der Waals surface area contributed by atoms with E-state index in [0.717, 1.165) is 11.1 Å². The normalized spacial score (nSPS) is 17.9. The minimum atomic E-state index is -0.451. The number of carbonyl (C=O) groups excluding carboxylic acids is 2. The third-order valence-corrected chi connectivity index (χ3v) is 6.55. The van der Waals surface area contributed by atoms with Gasteiger partial charge < -0.3 is 20.3 Å². The molecule has 0 saturated carbocycles. The monoisotopic (exact) mass is 492 g/mol. The molecule has 2 N–H and O–H groups in total. The summed E-state index contributed by atoms with van der Waals surface area (Å²) in [6.07, 6.45) is 1.71. The lowest BCUT2D eigenvalue weighted by Crippen LogP contribution is -2.59. The Morgan fingerprint density at radius 3 is 2.63 bits per heavy atom. The first-order valence-electron chi connectivity index (χ1n) is 11.4. The molecule has 1 fully saturated rings. The van der Waals surface area contributed by atoms with Gasteiger partial charge in [-0.1, -0.05) is 23.7 Å². The Morgan fingerprint density at radius 1 is 1.17 bits per heavy atom. The fourth-order valence-electron chi connectivity index (χ4n) is 4.41. The van der Waals surface area contributed by atoms with Crippen LogP contribution in [0.2, 0.25) is 5.02 Å². The van der Waals surface area contributed by atoms with Gasteiger partial charge in [0.05, 0.1) is 25.5 Å². The molecule has 9 nitrogen and oxygen atoms in total. The lowest BCUT2D eigenvalue weighted by molar-refractivity contribution is -0.123. The van der Waals surface area contributed by atoms with Crippen LogP contribution in [-0.2, 0) is 9.53 Å². The summed E-state index contributed by atoms with van der Waals surface area (Å²) >= 11 is 6.07. The number of hydrogen-bond acceptors (Lipinski definition) is 6. The molecule has 0 spiro atoms. The van der Waals surface area contributed by atoms with Crippen molar-refractivity contribution in [3.8, 4) is 11.4 Å². The van der Waals surface area contributed by atoms with Gasteiger partial charge in [0.25, 0.3) is 5.91 Å². The third kappa shape index (κ3) is 4.40. The number of benzene rings is 2. The molecule has 180 valence electrons. The van der Waals surface area contributed by atoms with Crippen LogP contribution in [-0.4, -0.2) is 54.8 Å². The van der Waals surface area contributed by atoms with Gasteiger partial charge in [-0.25, -0.2) is 14.8 Å². The summed E-state index contributed by atoms with van der Waals surface area (Å²) in [7, 11) is 1.56. The number of urea groups is 1. The Hall–Kier alpha value is -3.69. The average Bonchev–Trinajstić information content (AvgIpc) is 2.89. The van der Waals surface area contributed by atoms with Crippen LogP contribution in [0.5, 0.6) is 0 Å². The van der Waals surface area contributed by atoms with Crippen LogP contribution in [0.25, 0.3) is 11.4 Å². The fourth-order valence-corrected chi connectivity index (χ4v) is 4.54. The number of carbonyl (C=O) groups is 2. The molecule has 10 heteroatoms. The summed E-state index contributed by atoms with van der Waals surface area (Å²) in [5.74, 6) is 1.20. The van der Waals surface area contributed by atoms with Crippen LogP contribution in [0.3, 0.4) is 0 Å². The SMILES string of the molecule is CNC(=O)Nc1ccc(-c2ncc3c(n2)N2CCOCC2C(=O)N3[C@H](C)c2ccc(Cl)cc2)cc1. The van der Waals surface area contributed by atoms with Crippen LogP contribution in [0.1, 0.15) is 18.5 Å². The van der Waals surface area contributed by atoms with E-state index in [2.05, 4.69) is 15.6 Å². The summed E-state index contributed by atoms with van der Waals surface area (Å²) in [5.41, 5.74) is 3.08. The number of hydrogen-bond donors (Lipinski definition) is 2. The van der Waals surface area contributed by atoms with Crippen LogP contribution in [0, 0.1) is 0 Å². The second kappa shape index (κ2) is 9.52. The standard InChI is InChI=1S/C25H25ClN6O3/c1-15(16-3-7-18(26)8-4-16)32-20-13-28-22(17-5-9-19(10-6-17)29-25(34)27-2)30-23(20)31-11-12-35-14-21(31)24(32)33/h3-10,13,15,21H,11-12,14H2,1-2H3,(H2,27,29,34)/t15-,21?/m1/s1. The molecule has 0 aliphatic carbocycles. The molecule has 5 rings (SSSR count). The predicted octanol–water partition coefficient (Wildman–Crippen LogP) is 3.86. The maximum Gasteiger partial charge on any atom is 0.318 e. The smallest absolute Gasteiger partial charge is 0.318 e. The highest BCUT2D eigenvalue weighted by molar-refractivity contribution is 6.30. The molecule has 3 amide bonds. The van der Waals surface area contributed by atoms with Crippen molar-refractivity contribution in [2.45, 2.75) is 19.0 Å². The van der Waals surface area contributed by atoms with E-state index in [1.165, 1.54) is 0 Å². The van der Waals surface area contributed by atoms with Gasteiger partial charge in [-0.15, -0.1) is 0 Å². The molecule has 0 bridgehead atoms. The first-order valence-corrected chi connectivity index (χ1v) is 11.7. The van der Waals surface area contributed by atoms with Crippen LogP contribution in [0.4, 0.5) is 22.0 Å². The molecule has 2 aromatic carbocycles. The highest BCUT2D eigenvalue weighted by atomic mass is 35.5. The third-order valence-electron chi connectivity index (χ3n) is 6.30. The van der Waals surface area contributed by atoms with Gasteiger partial charge in [0, 0.05) is 29.9 Å². The van der Waals surface area contributed by atoms with E-state index in [1.54, 1.807) is 30.3 Å². The van der Waals surface area contributed by atoms with E-state index < -0.39 is 6.04 Å². The van der Waals surface area contributed by atoms with Crippen molar-refractivity contribution in [2.75, 3.05) is 41.9 Å². The zero-order chi connectivity index (χ0) is 24.5. The summed E-state index contributed by atoms with van der Waals surface area (Å²) < 4.78 is 5.65. The lowest BCUT2D eigenvalue weighted by atomic mass is 10.0. The van der Waals surface area contributed by atoms with Crippen molar-refractivity contribution in [3.63, 3.8) is 0 Å². The van der Waals surface area contributed by atoms with Gasteiger partial charge in [0.15, 0.2) is 11.6 Å². The number of halogens is 1. The highest BCUT2D eigenvalue weighted by Gasteiger charge is 2.43. The quantitative estimate of drug-likeness (QED) is 0.573. The molecule has 2 atom stereocenters. The summed E-state index contributed by atoms with van der Waals surface area (Å²) in [6, 6.07) is 13.8. The lowest BCUT2D eigenvalue weighted by Gasteiger charge is -2.45. The molecule has 2 aliphatic heterocycles. The summed E-state index contributed by atoms with van der Waals surface area (Å²) in [5, 5.41) is 5.90. The topological polar surface area (TPSA) is 99.7 Å². The number of morpholine rings is 1. The molecule has 3 aromatic rings. The number of fused-ring (bicyclic) bond motifs is 3. The average molecular weight is 493 g/mol. The Kier molecular flexibility index (Phi) is 6.27. The van der Waals surface area contributed by atoms with E-state index in [1.807, 2.05) is 48.2 Å². The van der Waals surface area contributed by atoms with Crippen molar-refractivity contribution in [1.29, 1.82) is 0 Å². The van der Waals surface area contributed by atoms with Gasteiger partial charge in [0.2, 0.25) is 0 Å². The number of amides is 3. The van der Waals surface area contributed by atoms with Gasteiger partial charge in [-0.05, 0) is 48.9 Å². The van der Waals surface area contributed by atoms with Gasteiger partial charge >= 0.3 is 6.03 Å². The molecular weight excluding hydrogens is 468 g/mol. The number of anilines is 3. The first-order chi connectivity index (χ1) is 17.0. The molecule has 1 aromatic heterocycles. The molecule has 2 aliphatic rings. The maximum absolute atomic E-state index is 13.6. The molecule has 3 heterocycles. The van der Waals surface area contributed by atoms with Crippen molar-refractivity contribution < 1.29 is 14.3 Å². The predicted molar refractivity (Wildman–Crippen MR) is 135 cm³/mol. The van der Waals surface area contributed by atoms with Gasteiger partial charge in [-0.2, -0.15) is 0 Å². The Bertz CT molecular complexity index is 1250. The molecule has 1 unspecified atom stereocenters. The van der Waals surface area contributed by atoms with Crippen molar-refractivity contribution in [2.24, 2.45) is 0 Å². The Morgan fingerprint density at radius 2 is 1.91 bits per heavy atom. The number of rotatable bonds is 4. The van der Waals surface area contributed by atoms with E-state index in [9.17, 15) is 9.59 Å². The minimum absolute atomic E-state index is 0.0411. The number of nitrogens with zero attached hydrogens (tertiary/aromatic N) is 4. The van der Waals surface area contributed by atoms with Crippen LogP contribution in [0.15, 0.2) is 54.7 Å². The zero-order valence-corrected chi connectivity index (χ0v) is 20.1. The molecule has 0 radical (unpaired) electrons.